The molecular weight excluding hydrogens is 416 g/mol. The lowest BCUT2D eigenvalue weighted by atomic mass is 9.33. The Hall–Kier alpha value is -0.790. The molecule has 0 bridgehead atoms. The quantitative estimate of drug-likeness (QED) is 0.284. The van der Waals surface area contributed by atoms with E-state index in [9.17, 15) is 4.79 Å². The summed E-state index contributed by atoms with van der Waals surface area (Å²) in [7, 11) is 0. The molecule has 4 fully saturated rings. The SMILES string of the molecule is CC(=O)O[C@H]1CC[C@@]2(C)C(CC[C@]3(C)C2CC=C2[C@@H]4CC(C)(C)CC[C@]4(C)CC[C@]23C)C1(C)C. The van der Waals surface area contributed by atoms with Crippen LogP contribution in [0.5, 0.6) is 0 Å². The van der Waals surface area contributed by atoms with Crippen molar-refractivity contribution in [3.05, 3.63) is 11.6 Å². The highest BCUT2D eigenvalue weighted by Gasteiger charge is 2.68. The van der Waals surface area contributed by atoms with Gasteiger partial charge in [0.1, 0.15) is 6.10 Å². The van der Waals surface area contributed by atoms with Gasteiger partial charge in [0, 0.05) is 12.3 Å². The van der Waals surface area contributed by atoms with Crippen LogP contribution in [-0.4, -0.2) is 12.1 Å². The molecule has 0 amide bonds. The van der Waals surface area contributed by atoms with Crippen LogP contribution in [0.2, 0.25) is 0 Å². The lowest BCUT2D eigenvalue weighted by molar-refractivity contribution is -0.211. The van der Waals surface area contributed by atoms with E-state index in [0.717, 1.165) is 18.3 Å². The van der Waals surface area contributed by atoms with Gasteiger partial charge in [-0.1, -0.05) is 67.0 Å². The molecule has 8 atom stereocenters. The highest BCUT2D eigenvalue weighted by molar-refractivity contribution is 5.66. The Balaban J connectivity index is 1.53. The lowest BCUT2D eigenvalue weighted by Crippen LogP contribution is -2.64. The van der Waals surface area contributed by atoms with Gasteiger partial charge < -0.3 is 4.74 Å². The summed E-state index contributed by atoms with van der Waals surface area (Å²) in [6.45, 7) is 22.0. The smallest absolute Gasteiger partial charge is 0.302 e. The summed E-state index contributed by atoms with van der Waals surface area (Å²) >= 11 is 0. The van der Waals surface area contributed by atoms with E-state index in [4.69, 9.17) is 4.74 Å². The number of rotatable bonds is 1. The van der Waals surface area contributed by atoms with Crippen LogP contribution < -0.4 is 0 Å². The first-order valence-corrected chi connectivity index (χ1v) is 14.5. The third-order valence-electron chi connectivity index (χ3n) is 13.3. The summed E-state index contributed by atoms with van der Waals surface area (Å²) in [6.07, 6.45) is 15.9. The molecule has 0 aliphatic heterocycles. The number of allylic oxidation sites excluding steroid dienone is 2. The molecule has 0 radical (unpaired) electrons. The Morgan fingerprint density at radius 3 is 2.21 bits per heavy atom. The van der Waals surface area contributed by atoms with Crippen molar-refractivity contribution < 1.29 is 9.53 Å². The molecule has 0 aromatic heterocycles. The van der Waals surface area contributed by atoms with Gasteiger partial charge in [-0.15, -0.1) is 0 Å². The minimum Gasteiger partial charge on any atom is -0.462 e. The van der Waals surface area contributed by atoms with Crippen LogP contribution in [0.1, 0.15) is 127 Å². The zero-order chi connectivity index (χ0) is 24.9. The molecule has 0 saturated heterocycles. The van der Waals surface area contributed by atoms with E-state index in [-0.39, 0.29) is 17.5 Å². The molecular formula is C32H52O2. The van der Waals surface area contributed by atoms with Crippen LogP contribution in [0.3, 0.4) is 0 Å². The maximum atomic E-state index is 11.9. The van der Waals surface area contributed by atoms with E-state index in [1.807, 2.05) is 5.57 Å². The van der Waals surface area contributed by atoms with Crippen LogP contribution >= 0.6 is 0 Å². The number of hydrogen-bond donors (Lipinski definition) is 0. The van der Waals surface area contributed by atoms with Crippen molar-refractivity contribution in [2.24, 2.45) is 50.2 Å². The Kier molecular flexibility index (Phi) is 5.40. The summed E-state index contributed by atoms with van der Waals surface area (Å²) in [5.74, 6) is 2.01. The van der Waals surface area contributed by atoms with Gasteiger partial charge in [0.15, 0.2) is 0 Å². The van der Waals surface area contributed by atoms with E-state index in [1.54, 1.807) is 6.92 Å². The van der Waals surface area contributed by atoms with Crippen LogP contribution in [0.4, 0.5) is 0 Å². The maximum Gasteiger partial charge on any atom is 0.302 e. The van der Waals surface area contributed by atoms with Crippen molar-refractivity contribution >= 4 is 5.97 Å². The summed E-state index contributed by atoms with van der Waals surface area (Å²) in [4.78, 5) is 11.9. The van der Waals surface area contributed by atoms with Crippen molar-refractivity contribution in [2.75, 3.05) is 0 Å². The number of esters is 1. The minimum atomic E-state index is -0.110. The average Bonchev–Trinajstić information content (AvgIpc) is 2.72. The zero-order valence-electron chi connectivity index (χ0n) is 23.8. The lowest BCUT2D eigenvalue weighted by Gasteiger charge is -2.71. The van der Waals surface area contributed by atoms with E-state index in [2.05, 4.69) is 61.5 Å². The van der Waals surface area contributed by atoms with Gasteiger partial charge >= 0.3 is 5.97 Å². The number of carbonyl (C=O) groups is 1. The van der Waals surface area contributed by atoms with Crippen molar-refractivity contribution in [1.29, 1.82) is 0 Å². The van der Waals surface area contributed by atoms with Gasteiger partial charge in [0.2, 0.25) is 0 Å². The first-order valence-electron chi connectivity index (χ1n) is 14.5. The largest absolute Gasteiger partial charge is 0.462 e. The summed E-state index contributed by atoms with van der Waals surface area (Å²) in [5, 5.41) is 0. The molecule has 2 nitrogen and oxygen atoms in total. The van der Waals surface area contributed by atoms with E-state index in [0.29, 0.717) is 33.0 Å². The molecule has 5 rings (SSSR count). The Morgan fingerprint density at radius 2 is 1.53 bits per heavy atom. The summed E-state index contributed by atoms with van der Waals surface area (Å²) < 4.78 is 5.91. The summed E-state index contributed by atoms with van der Waals surface area (Å²) in [5.41, 5.74) is 3.92. The molecule has 0 spiro atoms. The second kappa shape index (κ2) is 7.38. The molecule has 2 heteroatoms. The standard InChI is InChI=1S/C32H52O2/c1-21(33)34-26-13-14-30(7)24(28(26,4)5)12-15-32(9)25(30)11-10-22-23-20-27(2,3)16-17-29(23,6)18-19-31(22,32)8/h10,23-26H,11-20H2,1-9H3/t23-,24?,25?,26-,29+,30-,31+,32+/m0/s1. The molecule has 34 heavy (non-hydrogen) atoms. The third-order valence-corrected chi connectivity index (χ3v) is 13.3. The number of ether oxygens (including phenoxy) is 1. The average molecular weight is 469 g/mol. The van der Waals surface area contributed by atoms with Crippen LogP contribution in [-0.2, 0) is 9.53 Å². The Bertz CT molecular complexity index is 897. The second-order valence-corrected chi connectivity index (χ2v) is 15.8. The molecule has 5 aliphatic carbocycles. The highest BCUT2D eigenvalue weighted by atomic mass is 16.5. The van der Waals surface area contributed by atoms with Gasteiger partial charge in [-0.3, -0.25) is 4.79 Å². The predicted molar refractivity (Wildman–Crippen MR) is 140 cm³/mol. The molecule has 192 valence electrons. The summed E-state index contributed by atoms with van der Waals surface area (Å²) in [6, 6.07) is 0. The molecule has 0 heterocycles. The molecule has 2 unspecified atom stereocenters. The first-order chi connectivity index (χ1) is 15.6. The third kappa shape index (κ3) is 3.21. The molecule has 4 saturated carbocycles. The van der Waals surface area contributed by atoms with Crippen LogP contribution in [0.25, 0.3) is 0 Å². The van der Waals surface area contributed by atoms with Crippen molar-refractivity contribution in [3.8, 4) is 0 Å². The number of fused-ring (bicyclic) bond motifs is 7. The van der Waals surface area contributed by atoms with E-state index in [1.165, 1.54) is 57.8 Å². The predicted octanol–water partition coefficient (Wildman–Crippen LogP) is 8.74. The second-order valence-electron chi connectivity index (χ2n) is 15.8. The normalized spacial score (nSPS) is 51.1. The number of hydrogen-bond acceptors (Lipinski definition) is 2. The fourth-order valence-electron chi connectivity index (χ4n) is 10.9. The van der Waals surface area contributed by atoms with Crippen molar-refractivity contribution in [1.82, 2.24) is 0 Å². The molecule has 0 N–H and O–H groups in total. The van der Waals surface area contributed by atoms with Crippen LogP contribution in [0, 0.1) is 50.2 Å². The fraction of sp³-hybridized carbons (Fsp3) is 0.906. The van der Waals surface area contributed by atoms with Gasteiger partial charge in [-0.05, 0) is 109 Å². The Morgan fingerprint density at radius 1 is 0.853 bits per heavy atom. The van der Waals surface area contributed by atoms with Gasteiger partial charge in [0.05, 0.1) is 0 Å². The minimum absolute atomic E-state index is 0.0451. The van der Waals surface area contributed by atoms with Crippen molar-refractivity contribution in [3.63, 3.8) is 0 Å². The van der Waals surface area contributed by atoms with Gasteiger partial charge in [0.25, 0.3) is 0 Å². The molecule has 5 aliphatic rings. The van der Waals surface area contributed by atoms with Crippen molar-refractivity contribution in [2.45, 2.75) is 133 Å². The zero-order valence-corrected chi connectivity index (χ0v) is 23.8. The highest BCUT2D eigenvalue weighted by Crippen LogP contribution is 2.75. The van der Waals surface area contributed by atoms with Gasteiger partial charge in [-0.25, -0.2) is 0 Å². The first kappa shape index (κ1) is 24.9. The van der Waals surface area contributed by atoms with E-state index >= 15 is 0 Å². The fourth-order valence-corrected chi connectivity index (χ4v) is 10.9. The Labute approximate surface area is 210 Å². The number of carbonyl (C=O) groups excluding carboxylic acids is 1. The maximum absolute atomic E-state index is 11.9. The topological polar surface area (TPSA) is 26.3 Å². The monoisotopic (exact) mass is 468 g/mol. The van der Waals surface area contributed by atoms with Gasteiger partial charge in [-0.2, -0.15) is 0 Å². The molecule has 0 aromatic carbocycles. The van der Waals surface area contributed by atoms with Crippen LogP contribution in [0.15, 0.2) is 11.6 Å². The molecule has 0 aromatic rings. The van der Waals surface area contributed by atoms with E-state index < -0.39 is 0 Å².